The van der Waals surface area contributed by atoms with Crippen molar-refractivity contribution in [1.29, 1.82) is 5.41 Å². The van der Waals surface area contributed by atoms with E-state index in [1.54, 1.807) is 6.07 Å². The average Bonchev–Trinajstić information content (AvgIpc) is 3.65. The van der Waals surface area contributed by atoms with Crippen LogP contribution in [0.5, 0.6) is 5.88 Å². The standard InChI is InChI=1S/C29H36N6O4S/c1-18(2)12-21-17-39-25-13-24(26-19(3)6-5-7-20(26)4)32-28(33-25)34-40(37,38)11-10-31-16-23(30)27(36)35(21)22-14-29(15-22)8-9-29/h5-7,10-11,13,16,18,21-22,30H,8-9,12,14-15,17H2,1-4H3,(H,32,33,34)/b11-10+,30-23?,31-16?/t21-/m1/s1. The lowest BCUT2D eigenvalue weighted by Gasteiger charge is -2.47. The molecule has 1 amide bonds. The van der Waals surface area contributed by atoms with Gasteiger partial charge in [-0.05, 0) is 68.4 Å². The second-order valence-corrected chi connectivity index (χ2v) is 13.2. The Hall–Kier alpha value is -3.60. The van der Waals surface area contributed by atoms with Gasteiger partial charge >= 0.3 is 0 Å². The van der Waals surface area contributed by atoms with Crippen LogP contribution in [0.3, 0.4) is 0 Å². The minimum atomic E-state index is -4.03. The number of nitrogens with zero attached hydrogens (tertiary/aromatic N) is 4. The van der Waals surface area contributed by atoms with E-state index in [0.29, 0.717) is 17.5 Å². The predicted octanol–water partition coefficient (Wildman–Crippen LogP) is 4.64. The summed E-state index contributed by atoms with van der Waals surface area (Å²) in [5, 5.41) is 9.27. The van der Waals surface area contributed by atoms with Crippen molar-refractivity contribution < 1.29 is 17.9 Å². The number of aromatic nitrogens is 2. The summed E-state index contributed by atoms with van der Waals surface area (Å²) in [6.07, 6.45) is 7.03. The molecule has 2 fully saturated rings. The number of fused-ring (bicyclic) bond motifs is 2. The van der Waals surface area contributed by atoms with E-state index in [0.717, 1.165) is 47.4 Å². The Morgan fingerprint density at radius 3 is 2.52 bits per heavy atom. The van der Waals surface area contributed by atoms with Gasteiger partial charge in [-0.3, -0.25) is 15.2 Å². The van der Waals surface area contributed by atoms with E-state index in [9.17, 15) is 13.2 Å². The van der Waals surface area contributed by atoms with Crippen molar-refractivity contribution in [2.75, 3.05) is 11.3 Å². The van der Waals surface area contributed by atoms with Crippen LogP contribution in [0.2, 0.25) is 0 Å². The van der Waals surface area contributed by atoms with E-state index in [1.807, 2.05) is 36.9 Å². The second-order valence-electron chi connectivity index (χ2n) is 11.7. The molecule has 2 aliphatic carbocycles. The van der Waals surface area contributed by atoms with Gasteiger partial charge in [-0.2, -0.15) is 4.98 Å². The molecule has 1 atom stereocenters. The fourth-order valence-electron chi connectivity index (χ4n) is 5.82. The average molecular weight is 565 g/mol. The molecule has 0 unspecified atom stereocenters. The molecule has 1 aliphatic heterocycles. The summed E-state index contributed by atoms with van der Waals surface area (Å²) in [6.45, 7) is 8.26. The summed E-state index contributed by atoms with van der Waals surface area (Å²) >= 11 is 0. The van der Waals surface area contributed by atoms with Gasteiger partial charge in [-0.15, -0.1) is 0 Å². The number of carbonyl (C=O) groups excluding carboxylic acids is 1. The van der Waals surface area contributed by atoms with Crippen molar-refractivity contribution in [3.8, 4) is 17.1 Å². The highest BCUT2D eigenvalue weighted by Gasteiger charge is 2.56. The van der Waals surface area contributed by atoms with E-state index in [-0.39, 0.29) is 42.1 Å². The summed E-state index contributed by atoms with van der Waals surface area (Å²) in [6, 6.07) is 7.31. The van der Waals surface area contributed by atoms with Crippen molar-refractivity contribution >= 4 is 33.8 Å². The quantitative estimate of drug-likeness (QED) is 0.555. The molecule has 10 nitrogen and oxygen atoms in total. The third-order valence-corrected chi connectivity index (χ3v) is 8.86. The number of amides is 1. The van der Waals surface area contributed by atoms with Gasteiger partial charge in [0, 0.05) is 23.9 Å². The van der Waals surface area contributed by atoms with Crippen molar-refractivity contribution in [3.05, 3.63) is 47.0 Å². The molecule has 1 spiro atoms. The predicted molar refractivity (Wildman–Crippen MR) is 155 cm³/mol. The zero-order valence-electron chi connectivity index (χ0n) is 23.3. The van der Waals surface area contributed by atoms with E-state index in [2.05, 4.69) is 33.5 Å². The van der Waals surface area contributed by atoms with Crippen LogP contribution in [-0.2, 0) is 14.8 Å². The van der Waals surface area contributed by atoms with Crippen LogP contribution in [0, 0.1) is 30.6 Å². The van der Waals surface area contributed by atoms with Gasteiger partial charge in [0.2, 0.25) is 11.8 Å². The van der Waals surface area contributed by atoms with Crippen LogP contribution in [0.15, 0.2) is 40.9 Å². The minimum Gasteiger partial charge on any atom is -0.475 e. The summed E-state index contributed by atoms with van der Waals surface area (Å²) < 4.78 is 34.1. The van der Waals surface area contributed by atoms with Crippen LogP contribution in [0.25, 0.3) is 11.3 Å². The molecule has 2 bridgehead atoms. The number of carbonyl (C=O) groups is 1. The van der Waals surface area contributed by atoms with Crippen molar-refractivity contribution in [2.24, 2.45) is 16.3 Å². The van der Waals surface area contributed by atoms with Gasteiger partial charge in [0.25, 0.3) is 15.9 Å². The molecule has 3 aliphatic rings. The van der Waals surface area contributed by atoms with Crippen LogP contribution < -0.4 is 9.46 Å². The molecule has 0 saturated heterocycles. The first-order chi connectivity index (χ1) is 19.0. The smallest absolute Gasteiger partial charge is 0.273 e. The molecule has 2 heterocycles. The molecule has 1 aromatic heterocycles. The first kappa shape index (κ1) is 27.9. The Morgan fingerprint density at radius 1 is 1.18 bits per heavy atom. The Morgan fingerprint density at radius 2 is 1.88 bits per heavy atom. The maximum atomic E-state index is 13.6. The maximum Gasteiger partial charge on any atom is 0.273 e. The minimum absolute atomic E-state index is 0.0236. The number of hydrogen-bond donors (Lipinski definition) is 2. The number of nitrogens with one attached hydrogen (secondary N) is 2. The van der Waals surface area contributed by atoms with Crippen molar-refractivity contribution in [1.82, 2.24) is 14.9 Å². The van der Waals surface area contributed by atoms with Crippen LogP contribution >= 0.6 is 0 Å². The number of aliphatic imine (C=N–C) groups is 1. The largest absolute Gasteiger partial charge is 0.475 e. The fourth-order valence-corrected chi connectivity index (χ4v) is 6.46. The number of aryl methyl sites for hydroxylation is 2. The highest BCUT2D eigenvalue weighted by atomic mass is 32.2. The number of rotatable bonds is 4. The Balaban J connectivity index is 1.57. The molecule has 40 heavy (non-hydrogen) atoms. The lowest BCUT2D eigenvalue weighted by atomic mass is 9.75. The number of anilines is 1. The Kier molecular flexibility index (Phi) is 7.52. The first-order valence-electron chi connectivity index (χ1n) is 13.7. The number of benzene rings is 1. The van der Waals surface area contributed by atoms with Crippen LogP contribution in [0.4, 0.5) is 5.95 Å². The zero-order valence-corrected chi connectivity index (χ0v) is 24.2. The highest BCUT2D eigenvalue weighted by Crippen LogP contribution is 2.62. The van der Waals surface area contributed by atoms with Gasteiger partial charge in [-0.1, -0.05) is 32.0 Å². The molecule has 2 saturated carbocycles. The first-order valence-corrected chi connectivity index (χ1v) is 15.2. The summed E-state index contributed by atoms with van der Waals surface area (Å²) in [7, 11) is -4.03. The number of sulfonamides is 1. The second kappa shape index (κ2) is 10.8. The monoisotopic (exact) mass is 564 g/mol. The third-order valence-electron chi connectivity index (χ3n) is 7.92. The Bertz CT molecular complexity index is 1470. The molecule has 11 heteroatoms. The van der Waals surface area contributed by atoms with Crippen molar-refractivity contribution in [2.45, 2.75) is 71.9 Å². The van der Waals surface area contributed by atoms with E-state index < -0.39 is 15.9 Å². The molecule has 5 rings (SSSR count). The molecular weight excluding hydrogens is 528 g/mol. The third kappa shape index (κ3) is 6.09. The van der Waals surface area contributed by atoms with Gasteiger partial charge < -0.3 is 9.64 Å². The van der Waals surface area contributed by atoms with Crippen LogP contribution in [0.1, 0.15) is 57.1 Å². The summed E-state index contributed by atoms with van der Waals surface area (Å²) in [4.78, 5) is 28.2. The molecular formula is C29H36N6O4S. The lowest BCUT2D eigenvalue weighted by Crippen LogP contribution is -2.57. The number of ether oxygens (including phenoxy) is 1. The van der Waals surface area contributed by atoms with E-state index in [4.69, 9.17) is 10.1 Å². The summed E-state index contributed by atoms with van der Waals surface area (Å²) in [5.41, 5.74) is 3.39. The van der Waals surface area contributed by atoms with Gasteiger partial charge in [0.1, 0.15) is 12.3 Å². The van der Waals surface area contributed by atoms with Crippen LogP contribution in [-0.4, -0.2) is 59.8 Å². The molecule has 0 radical (unpaired) electrons. The molecule has 2 N–H and O–H groups in total. The van der Waals surface area contributed by atoms with Crippen molar-refractivity contribution in [3.63, 3.8) is 0 Å². The lowest BCUT2D eigenvalue weighted by molar-refractivity contribution is -0.134. The summed E-state index contributed by atoms with van der Waals surface area (Å²) in [5.74, 6) is -0.0922. The number of hydrogen-bond acceptors (Lipinski definition) is 8. The molecule has 212 valence electrons. The molecule has 2 aromatic rings. The van der Waals surface area contributed by atoms with E-state index in [1.165, 1.54) is 12.8 Å². The van der Waals surface area contributed by atoms with E-state index >= 15 is 0 Å². The Labute approximate surface area is 235 Å². The highest BCUT2D eigenvalue weighted by molar-refractivity contribution is 7.95. The fraction of sp³-hybridized carbons (Fsp3) is 0.483. The van der Waals surface area contributed by atoms with Gasteiger partial charge in [0.15, 0.2) is 0 Å². The SMILES string of the molecule is Cc1cccc(C)c1-c1cc2nc(n1)NS(=O)(=O)/C=C/N=CC(=N)C(=O)N(C1CC3(CC3)C1)[C@H](CC(C)C)CO2. The zero-order chi connectivity index (χ0) is 28.7. The maximum absolute atomic E-state index is 13.6. The van der Waals surface area contributed by atoms with Gasteiger partial charge in [-0.25, -0.2) is 18.1 Å². The normalized spacial score (nSPS) is 23.1. The van der Waals surface area contributed by atoms with Gasteiger partial charge in [0.05, 0.1) is 23.4 Å². The topological polar surface area (TPSA) is 138 Å². The molecule has 1 aromatic carbocycles.